The number of nitrogens with one attached hydrogen (secondary N) is 1. The minimum absolute atomic E-state index is 0.212. The summed E-state index contributed by atoms with van der Waals surface area (Å²) in [5.74, 6) is 1.67. The van der Waals surface area contributed by atoms with Gasteiger partial charge in [-0.25, -0.2) is 0 Å². The summed E-state index contributed by atoms with van der Waals surface area (Å²) in [4.78, 5) is 12.2. The van der Waals surface area contributed by atoms with Gasteiger partial charge in [-0.05, 0) is 28.1 Å². The molecule has 0 radical (unpaired) electrons. The molecular formula is C13H13BrN4O3. The van der Waals surface area contributed by atoms with E-state index in [9.17, 15) is 4.79 Å². The highest BCUT2D eigenvalue weighted by atomic mass is 79.9. The van der Waals surface area contributed by atoms with E-state index < -0.39 is 0 Å². The van der Waals surface area contributed by atoms with Crippen molar-refractivity contribution in [3.05, 3.63) is 34.3 Å². The predicted molar refractivity (Wildman–Crippen MR) is 77.3 cm³/mol. The molecule has 1 aromatic carbocycles. The van der Waals surface area contributed by atoms with E-state index in [1.807, 2.05) is 7.05 Å². The minimum atomic E-state index is -0.212. The fourth-order valence-electron chi connectivity index (χ4n) is 1.97. The van der Waals surface area contributed by atoms with Gasteiger partial charge in [0.1, 0.15) is 19.5 Å². The quantitative estimate of drug-likeness (QED) is 0.900. The van der Waals surface area contributed by atoms with E-state index in [1.54, 1.807) is 23.0 Å². The first kappa shape index (κ1) is 13.9. The van der Waals surface area contributed by atoms with Crippen LogP contribution in [-0.4, -0.2) is 33.9 Å². The number of carbonyl (C=O) groups excluding carboxylic acids is 1. The zero-order valence-corrected chi connectivity index (χ0v) is 12.9. The lowest BCUT2D eigenvalue weighted by Crippen LogP contribution is -2.25. The van der Waals surface area contributed by atoms with Crippen LogP contribution in [0.25, 0.3) is 0 Å². The van der Waals surface area contributed by atoms with Crippen LogP contribution in [0.15, 0.2) is 22.9 Å². The van der Waals surface area contributed by atoms with Crippen molar-refractivity contribution in [3.63, 3.8) is 0 Å². The van der Waals surface area contributed by atoms with Gasteiger partial charge < -0.3 is 19.4 Å². The van der Waals surface area contributed by atoms with Crippen LogP contribution in [0.3, 0.4) is 0 Å². The number of benzene rings is 1. The molecule has 0 saturated carbocycles. The van der Waals surface area contributed by atoms with Gasteiger partial charge in [-0.3, -0.25) is 4.79 Å². The van der Waals surface area contributed by atoms with Crippen LogP contribution in [0.5, 0.6) is 11.5 Å². The number of ether oxygens (including phenoxy) is 2. The van der Waals surface area contributed by atoms with Crippen molar-refractivity contribution < 1.29 is 14.3 Å². The summed E-state index contributed by atoms with van der Waals surface area (Å²) in [6.45, 7) is 1.29. The third-order valence-electron chi connectivity index (χ3n) is 3.07. The molecule has 0 fully saturated rings. The second kappa shape index (κ2) is 5.72. The maximum Gasteiger partial charge on any atom is 0.251 e. The number of nitrogens with zero attached hydrogens (tertiary/aromatic N) is 3. The molecule has 0 bridgehead atoms. The molecule has 0 unspecified atom stereocenters. The summed E-state index contributed by atoms with van der Waals surface area (Å²) in [6.07, 6.45) is 1.59. The molecule has 8 heteroatoms. The summed E-state index contributed by atoms with van der Waals surface area (Å²) in [6, 6.07) is 3.38. The number of rotatable bonds is 3. The van der Waals surface area contributed by atoms with Gasteiger partial charge in [0.15, 0.2) is 17.3 Å². The largest absolute Gasteiger partial charge is 0.486 e. The Morgan fingerprint density at radius 1 is 1.43 bits per heavy atom. The van der Waals surface area contributed by atoms with Crippen molar-refractivity contribution in [2.24, 2.45) is 7.05 Å². The molecule has 1 aromatic heterocycles. The molecular weight excluding hydrogens is 340 g/mol. The number of hydrogen-bond donors (Lipinski definition) is 1. The van der Waals surface area contributed by atoms with Crippen molar-refractivity contribution in [2.75, 3.05) is 13.2 Å². The monoisotopic (exact) mass is 352 g/mol. The Morgan fingerprint density at radius 2 is 2.24 bits per heavy atom. The summed E-state index contributed by atoms with van der Waals surface area (Å²) >= 11 is 3.39. The fraction of sp³-hybridized carbons (Fsp3) is 0.308. The van der Waals surface area contributed by atoms with Crippen LogP contribution in [0.1, 0.15) is 16.2 Å². The molecule has 1 N–H and O–H groups in total. The number of halogens is 1. The first-order valence-electron chi connectivity index (χ1n) is 6.35. The van der Waals surface area contributed by atoms with Gasteiger partial charge in [-0.1, -0.05) is 0 Å². The van der Waals surface area contributed by atoms with Gasteiger partial charge in [-0.2, -0.15) is 0 Å². The minimum Gasteiger partial charge on any atom is -0.486 e. The Balaban J connectivity index is 1.75. The average molecular weight is 353 g/mol. The molecule has 3 rings (SSSR count). The van der Waals surface area contributed by atoms with E-state index in [1.165, 1.54) is 0 Å². The Labute approximate surface area is 129 Å². The van der Waals surface area contributed by atoms with Crippen LogP contribution >= 0.6 is 15.9 Å². The zero-order chi connectivity index (χ0) is 14.8. The van der Waals surface area contributed by atoms with Crippen LogP contribution in [0.2, 0.25) is 0 Å². The van der Waals surface area contributed by atoms with E-state index in [-0.39, 0.29) is 5.91 Å². The Hall–Kier alpha value is -2.09. The normalized spacial score (nSPS) is 13.0. The fourth-order valence-corrected chi connectivity index (χ4v) is 2.53. The Bertz CT molecular complexity index is 686. The molecule has 110 valence electrons. The van der Waals surface area contributed by atoms with Crippen molar-refractivity contribution in [2.45, 2.75) is 6.54 Å². The highest BCUT2D eigenvalue weighted by Gasteiger charge is 2.19. The summed E-state index contributed by atoms with van der Waals surface area (Å²) in [7, 11) is 1.82. The van der Waals surface area contributed by atoms with E-state index in [4.69, 9.17) is 9.47 Å². The van der Waals surface area contributed by atoms with Crippen molar-refractivity contribution >= 4 is 21.8 Å². The number of hydrogen-bond acceptors (Lipinski definition) is 5. The third-order valence-corrected chi connectivity index (χ3v) is 3.66. The molecule has 1 aliphatic heterocycles. The lowest BCUT2D eigenvalue weighted by molar-refractivity contribution is 0.0948. The first-order chi connectivity index (χ1) is 10.1. The molecule has 2 aromatic rings. The number of fused-ring (bicyclic) bond motifs is 1. The summed E-state index contributed by atoms with van der Waals surface area (Å²) in [5, 5.41) is 10.5. The van der Waals surface area contributed by atoms with Crippen LogP contribution in [0, 0.1) is 0 Å². The lowest BCUT2D eigenvalue weighted by atomic mass is 10.2. The van der Waals surface area contributed by atoms with Crippen LogP contribution < -0.4 is 14.8 Å². The van der Waals surface area contributed by atoms with Gasteiger partial charge >= 0.3 is 0 Å². The highest BCUT2D eigenvalue weighted by molar-refractivity contribution is 9.10. The van der Waals surface area contributed by atoms with E-state index in [2.05, 4.69) is 31.4 Å². The average Bonchev–Trinajstić information content (AvgIpc) is 2.90. The molecule has 21 heavy (non-hydrogen) atoms. The molecule has 0 aliphatic carbocycles. The van der Waals surface area contributed by atoms with E-state index in [0.29, 0.717) is 47.1 Å². The topological polar surface area (TPSA) is 78.3 Å². The van der Waals surface area contributed by atoms with E-state index in [0.717, 1.165) is 0 Å². The predicted octanol–water partition coefficient (Wildman–Crippen LogP) is 1.28. The Morgan fingerprint density at radius 3 is 3.00 bits per heavy atom. The summed E-state index contributed by atoms with van der Waals surface area (Å²) in [5.41, 5.74) is 0.494. The van der Waals surface area contributed by atoms with Crippen molar-refractivity contribution in [1.82, 2.24) is 20.1 Å². The SMILES string of the molecule is Cn1cnnc1CNC(=O)c1cc(Br)c2c(c1)OCCO2. The molecule has 2 heterocycles. The number of aryl methyl sites for hydroxylation is 1. The van der Waals surface area contributed by atoms with Gasteiger partial charge in [0, 0.05) is 12.6 Å². The number of aromatic nitrogens is 3. The molecule has 1 aliphatic rings. The smallest absolute Gasteiger partial charge is 0.251 e. The molecule has 0 saturated heterocycles. The van der Waals surface area contributed by atoms with Crippen molar-refractivity contribution in [1.29, 1.82) is 0 Å². The molecule has 7 nitrogen and oxygen atoms in total. The lowest BCUT2D eigenvalue weighted by Gasteiger charge is -2.20. The van der Waals surface area contributed by atoms with Gasteiger partial charge in [-0.15, -0.1) is 10.2 Å². The second-order valence-electron chi connectivity index (χ2n) is 4.52. The maximum absolute atomic E-state index is 12.2. The second-order valence-corrected chi connectivity index (χ2v) is 5.38. The van der Waals surface area contributed by atoms with Crippen LogP contribution in [0.4, 0.5) is 0 Å². The third kappa shape index (κ3) is 2.85. The standard InChI is InChI=1S/C13H13BrN4O3/c1-18-7-16-17-11(18)6-15-13(19)8-4-9(14)12-10(5-8)20-2-3-21-12/h4-5,7H,2-3,6H2,1H3,(H,15,19). The summed E-state index contributed by atoms with van der Waals surface area (Å²) < 4.78 is 13.4. The zero-order valence-electron chi connectivity index (χ0n) is 11.3. The van der Waals surface area contributed by atoms with Gasteiger partial charge in [0.2, 0.25) is 0 Å². The van der Waals surface area contributed by atoms with E-state index >= 15 is 0 Å². The Kier molecular flexibility index (Phi) is 3.78. The molecule has 0 spiro atoms. The molecule has 0 atom stereocenters. The first-order valence-corrected chi connectivity index (χ1v) is 7.14. The van der Waals surface area contributed by atoms with Gasteiger partial charge in [0.05, 0.1) is 11.0 Å². The number of carbonyl (C=O) groups is 1. The van der Waals surface area contributed by atoms with Gasteiger partial charge in [0.25, 0.3) is 5.91 Å². The highest BCUT2D eigenvalue weighted by Crippen LogP contribution is 2.38. The van der Waals surface area contributed by atoms with Crippen LogP contribution in [-0.2, 0) is 13.6 Å². The maximum atomic E-state index is 12.2. The number of amides is 1. The van der Waals surface area contributed by atoms with Crippen molar-refractivity contribution in [3.8, 4) is 11.5 Å². The molecule has 1 amide bonds.